The first kappa shape index (κ1) is 13.1. The summed E-state index contributed by atoms with van der Waals surface area (Å²) in [7, 11) is 1.41. The third kappa shape index (κ3) is 3.90. The summed E-state index contributed by atoms with van der Waals surface area (Å²) in [4.78, 5) is 15.4. The van der Waals surface area contributed by atoms with Crippen LogP contribution in [0, 0.1) is 0 Å². The highest BCUT2D eigenvalue weighted by Gasteiger charge is 2.16. The molecule has 2 atom stereocenters. The highest BCUT2D eigenvalue weighted by atomic mass is 32.1. The van der Waals surface area contributed by atoms with Gasteiger partial charge in [-0.25, -0.2) is 4.98 Å². The van der Waals surface area contributed by atoms with Crippen molar-refractivity contribution in [1.29, 1.82) is 0 Å². The summed E-state index contributed by atoms with van der Waals surface area (Å²) in [5, 5.41) is 6.41. The largest absolute Gasteiger partial charge is 0.469 e. The molecule has 0 fully saturated rings. The van der Waals surface area contributed by atoms with Crippen LogP contribution in [0.1, 0.15) is 37.7 Å². The average molecular weight is 242 g/mol. The molecule has 1 aromatic heterocycles. The van der Waals surface area contributed by atoms with Gasteiger partial charge in [-0.15, -0.1) is 11.3 Å². The van der Waals surface area contributed by atoms with Gasteiger partial charge in [-0.1, -0.05) is 6.92 Å². The lowest BCUT2D eigenvalue weighted by Crippen LogP contribution is -2.32. The van der Waals surface area contributed by atoms with E-state index in [0.29, 0.717) is 6.42 Å². The molecule has 0 aromatic carbocycles. The van der Waals surface area contributed by atoms with Crippen LogP contribution in [-0.4, -0.2) is 24.1 Å². The molecule has 0 amide bonds. The summed E-state index contributed by atoms with van der Waals surface area (Å²) in [5.41, 5.74) is 0. The molecule has 1 heterocycles. The first-order valence-corrected chi connectivity index (χ1v) is 6.27. The second-order valence-corrected chi connectivity index (χ2v) is 4.61. The van der Waals surface area contributed by atoms with Gasteiger partial charge in [0.15, 0.2) is 0 Å². The van der Waals surface area contributed by atoms with Gasteiger partial charge in [0.2, 0.25) is 0 Å². The number of aromatic nitrogens is 1. The zero-order chi connectivity index (χ0) is 12.0. The van der Waals surface area contributed by atoms with E-state index in [-0.39, 0.29) is 18.1 Å². The Hall–Kier alpha value is -0.940. The molecule has 0 aliphatic carbocycles. The van der Waals surface area contributed by atoms with E-state index in [1.54, 1.807) is 17.5 Å². The SMILES string of the molecule is CCC(NC(C)CC(=O)OC)c1nccs1. The van der Waals surface area contributed by atoms with Gasteiger partial charge < -0.3 is 10.1 Å². The monoisotopic (exact) mass is 242 g/mol. The number of ether oxygens (including phenoxy) is 1. The molecule has 5 heteroatoms. The molecular formula is C11H18N2O2S. The van der Waals surface area contributed by atoms with Gasteiger partial charge in [-0.05, 0) is 13.3 Å². The quantitative estimate of drug-likeness (QED) is 0.776. The Bertz CT molecular complexity index is 314. The lowest BCUT2D eigenvalue weighted by atomic mass is 10.1. The van der Waals surface area contributed by atoms with Gasteiger partial charge in [0.05, 0.1) is 19.6 Å². The molecule has 90 valence electrons. The minimum atomic E-state index is -0.186. The maximum absolute atomic E-state index is 11.1. The lowest BCUT2D eigenvalue weighted by molar-refractivity contribution is -0.141. The zero-order valence-corrected chi connectivity index (χ0v) is 10.7. The summed E-state index contributed by atoms with van der Waals surface area (Å²) in [6.45, 7) is 4.08. The van der Waals surface area contributed by atoms with E-state index in [0.717, 1.165) is 11.4 Å². The molecule has 0 radical (unpaired) electrons. The maximum atomic E-state index is 11.1. The number of hydrogen-bond donors (Lipinski definition) is 1. The van der Waals surface area contributed by atoms with Crippen molar-refractivity contribution in [3.05, 3.63) is 16.6 Å². The number of rotatable bonds is 6. The van der Waals surface area contributed by atoms with Crippen LogP contribution in [0.4, 0.5) is 0 Å². The topological polar surface area (TPSA) is 51.2 Å². The van der Waals surface area contributed by atoms with Crippen molar-refractivity contribution >= 4 is 17.3 Å². The van der Waals surface area contributed by atoms with Gasteiger partial charge in [-0.2, -0.15) is 0 Å². The molecule has 1 N–H and O–H groups in total. The van der Waals surface area contributed by atoms with Gasteiger partial charge in [0, 0.05) is 17.6 Å². The molecule has 2 unspecified atom stereocenters. The van der Waals surface area contributed by atoms with Crippen LogP contribution in [-0.2, 0) is 9.53 Å². The van der Waals surface area contributed by atoms with E-state index in [1.165, 1.54) is 7.11 Å². The fourth-order valence-electron chi connectivity index (χ4n) is 1.51. The Balaban J connectivity index is 2.47. The standard InChI is InChI=1S/C11H18N2O2S/c1-4-9(11-12-5-6-16-11)13-8(2)7-10(14)15-3/h5-6,8-9,13H,4,7H2,1-3H3. The Morgan fingerprint density at radius 2 is 2.44 bits per heavy atom. The van der Waals surface area contributed by atoms with Crippen LogP contribution in [0.15, 0.2) is 11.6 Å². The predicted molar refractivity (Wildman–Crippen MR) is 64.4 cm³/mol. The summed E-state index contributed by atoms with van der Waals surface area (Å²) in [5.74, 6) is -0.186. The molecule has 1 rings (SSSR count). The third-order valence-electron chi connectivity index (χ3n) is 2.34. The van der Waals surface area contributed by atoms with Crippen LogP contribution in [0.2, 0.25) is 0 Å². The van der Waals surface area contributed by atoms with Crippen LogP contribution in [0.3, 0.4) is 0 Å². The lowest BCUT2D eigenvalue weighted by Gasteiger charge is -2.19. The van der Waals surface area contributed by atoms with Crippen molar-refractivity contribution in [2.24, 2.45) is 0 Å². The van der Waals surface area contributed by atoms with E-state index >= 15 is 0 Å². The highest BCUT2D eigenvalue weighted by molar-refractivity contribution is 7.09. The van der Waals surface area contributed by atoms with E-state index in [4.69, 9.17) is 0 Å². The minimum absolute atomic E-state index is 0.0984. The highest BCUT2D eigenvalue weighted by Crippen LogP contribution is 2.19. The van der Waals surface area contributed by atoms with E-state index in [1.807, 2.05) is 12.3 Å². The summed E-state index contributed by atoms with van der Waals surface area (Å²) >= 11 is 1.63. The minimum Gasteiger partial charge on any atom is -0.469 e. The van der Waals surface area contributed by atoms with E-state index in [2.05, 4.69) is 22.0 Å². The van der Waals surface area contributed by atoms with E-state index in [9.17, 15) is 4.79 Å². The molecular weight excluding hydrogens is 224 g/mol. The average Bonchev–Trinajstić information content (AvgIpc) is 2.79. The van der Waals surface area contributed by atoms with Crippen molar-refractivity contribution < 1.29 is 9.53 Å². The van der Waals surface area contributed by atoms with Crippen molar-refractivity contribution in [3.8, 4) is 0 Å². The van der Waals surface area contributed by atoms with E-state index < -0.39 is 0 Å². The summed E-state index contributed by atoms with van der Waals surface area (Å²) in [6, 6.07) is 0.320. The number of hydrogen-bond acceptors (Lipinski definition) is 5. The number of nitrogens with one attached hydrogen (secondary N) is 1. The van der Waals surface area contributed by atoms with Crippen molar-refractivity contribution in [3.63, 3.8) is 0 Å². The molecule has 16 heavy (non-hydrogen) atoms. The van der Waals surface area contributed by atoms with Gasteiger partial charge in [-0.3, -0.25) is 4.79 Å². The summed E-state index contributed by atoms with van der Waals surface area (Å²) in [6.07, 6.45) is 3.15. The summed E-state index contributed by atoms with van der Waals surface area (Å²) < 4.78 is 4.63. The molecule has 1 aromatic rings. The molecule has 4 nitrogen and oxygen atoms in total. The predicted octanol–water partition coefficient (Wildman–Crippen LogP) is 2.14. The molecule has 0 saturated heterocycles. The van der Waals surface area contributed by atoms with Gasteiger partial charge >= 0.3 is 5.97 Å². The fraction of sp³-hybridized carbons (Fsp3) is 0.636. The maximum Gasteiger partial charge on any atom is 0.307 e. The third-order valence-corrected chi connectivity index (χ3v) is 3.23. The Morgan fingerprint density at radius 3 is 2.94 bits per heavy atom. The Labute approximate surface area is 100 Å². The van der Waals surface area contributed by atoms with Crippen LogP contribution >= 0.6 is 11.3 Å². The number of methoxy groups -OCH3 is 1. The second-order valence-electron chi connectivity index (χ2n) is 3.68. The first-order chi connectivity index (χ1) is 7.67. The van der Waals surface area contributed by atoms with Crippen molar-refractivity contribution in [1.82, 2.24) is 10.3 Å². The zero-order valence-electron chi connectivity index (χ0n) is 9.90. The second kappa shape index (κ2) is 6.60. The fourth-order valence-corrected chi connectivity index (χ4v) is 2.29. The van der Waals surface area contributed by atoms with Gasteiger partial charge in [0.1, 0.15) is 5.01 Å². The molecule has 0 bridgehead atoms. The van der Waals surface area contributed by atoms with Crippen LogP contribution in [0.25, 0.3) is 0 Å². The Morgan fingerprint density at radius 1 is 1.69 bits per heavy atom. The van der Waals surface area contributed by atoms with Crippen LogP contribution < -0.4 is 5.32 Å². The number of esters is 1. The van der Waals surface area contributed by atoms with Crippen LogP contribution in [0.5, 0.6) is 0 Å². The number of thiazole rings is 1. The van der Waals surface area contributed by atoms with Crippen molar-refractivity contribution in [2.75, 3.05) is 7.11 Å². The molecule has 0 aliphatic heterocycles. The van der Waals surface area contributed by atoms with Gasteiger partial charge in [0.25, 0.3) is 0 Å². The van der Waals surface area contributed by atoms with Crippen molar-refractivity contribution in [2.45, 2.75) is 38.8 Å². The molecule has 0 aliphatic rings. The molecule has 0 spiro atoms. The number of carbonyl (C=O) groups excluding carboxylic acids is 1. The number of nitrogens with zero attached hydrogens (tertiary/aromatic N) is 1. The number of carbonyl (C=O) groups is 1. The smallest absolute Gasteiger partial charge is 0.307 e. The first-order valence-electron chi connectivity index (χ1n) is 5.39. The normalized spacial score (nSPS) is 14.4. The Kier molecular flexibility index (Phi) is 5.42. The molecule has 0 saturated carbocycles.